The second-order valence-corrected chi connectivity index (χ2v) is 2.85. The Morgan fingerprint density at radius 3 is 2.11 bits per heavy atom. The molecule has 0 saturated heterocycles. The predicted octanol–water partition coefficient (Wildman–Crippen LogP) is 2.69. The Hall–Kier alpha value is -0.440. The van der Waals surface area contributed by atoms with E-state index in [-0.39, 0.29) is 0 Å². The molecule has 0 aliphatic carbocycles. The second kappa shape index (κ2) is 4.44. The van der Waals surface area contributed by atoms with Crippen molar-refractivity contribution in [3.8, 4) is 11.8 Å². The molecule has 0 radical (unpaired) electrons. The molecule has 1 unspecified atom stereocenters. The fraction of sp³-hybridized carbons (Fsp3) is 0.778. The van der Waals surface area contributed by atoms with Crippen LogP contribution in [0.4, 0.5) is 0 Å². The van der Waals surface area contributed by atoms with E-state index in [1.165, 1.54) is 0 Å². The Morgan fingerprint density at radius 1 is 1.22 bits per heavy atom. The minimum Gasteiger partial charge on any atom is -0.107 e. The van der Waals surface area contributed by atoms with Crippen LogP contribution in [-0.2, 0) is 0 Å². The monoisotopic (exact) mass is 124 g/mol. The molecule has 0 fully saturated rings. The van der Waals surface area contributed by atoms with E-state index in [9.17, 15) is 0 Å². The summed E-state index contributed by atoms with van der Waals surface area (Å²) in [6.45, 7) is 8.62. The molecule has 0 aromatic heterocycles. The van der Waals surface area contributed by atoms with Gasteiger partial charge in [0.15, 0.2) is 0 Å². The lowest BCUT2D eigenvalue weighted by Crippen LogP contribution is -2.01. The predicted molar refractivity (Wildman–Crippen MR) is 42.1 cm³/mol. The summed E-state index contributed by atoms with van der Waals surface area (Å²) in [5.74, 6) is 7.50. The largest absolute Gasteiger partial charge is 0.107 e. The van der Waals surface area contributed by atoms with Crippen LogP contribution in [0.25, 0.3) is 0 Å². The molecule has 0 aliphatic heterocycles. The zero-order valence-corrected chi connectivity index (χ0v) is 6.86. The van der Waals surface area contributed by atoms with Gasteiger partial charge in [0, 0.05) is 6.42 Å². The van der Waals surface area contributed by atoms with Gasteiger partial charge in [-0.1, -0.05) is 20.8 Å². The topological polar surface area (TPSA) is 0 Å². The van der Waals surface area contributed by atoms with E-state index in [1.807, 2.05) is 6.92 Å². The highest BCUT2D eigenvalue weighted by Gasteiger charge is 2.03. The number of hydrogen-bond donors (Lipinski definition) is 0. The van der Waals surface area contributed by atoms with Crippen molar-refractivity contribution in [2.75, 3.05) is 0 Å². The molecule has 0 aromatic rings. The summed E-state index contributed by atoms with van der Waals surface area (Å²) in [5.41, 5.74) is 0. The first kappa shape index (κ1) is 8.56. The molecule has 1 atom stereocenters. The highest BCUT2D eigenvalue weighted by molar-refractivity contribution is 4.96. The maximum absolute atomic E-state index is 3.08. The van der Waals surface area contributed by atoms with Crippen molar-refractivity contribution in [3.05, 3.63) is 0 Å². The van der Waals surface area contributed by atoms with Gasteiger partial charge in [0.25, 0.3) is 0 Å². The average Bonchev–Trinajstić information content (AvgIpc) is 1.82. The molecule has 0 aromatic carbocycles. The zero-order chi connectivity index (χ0) is 7.28. The lowest BCUT2D eigenvalue weighted by atomic mass is 9.95. The van der Waals surface area contributed by atoms with Gasteiger partial charge < -0.3 is 0 Å². The van der Waals surface area contributed by atoms with E-state index >= 15 is 0 Å². The molecule has 0 nitrogen and oxygen atoms in total. The molecule has 52 valence electrons. The highest BCUT2D eigenvalue weighted by Crippen LogP contribution is 2.12. The minimum absolute atomic E-state index is 0.748. The maximum Gasteiger partial charge on any atom is 0.0117 e. The van der Waals surface area contributed by atoms with Crippen molar-refractivity contribution >= 4 is 0 Å². The van der Waals surface area contributed by atoms with Gasteiger partial charge >= 0.3 is 0 Å². The molecule has 9 heavy (non-hydrogen) atoms. The molecular weight excluding hydrogens is 108 g/mol. The minimum atomic E-state index is 0.748. The van der Waals surface area contributed by atoms with Crippen LogP contribution in [-0.4, -0.2) is 0 Å². The van der Waals surface area contributed by atoms with Crippen LogP contribution in [0, 0.1) is 23.7 Å². The molecule has 0 bridgehead atoms. The van der Waals surface area contributed by atoms with Crippen molar-refractivity contribution in [1.29, 1.82) is 0 Å². The van der Waals surface area contributed by atoms with Crippen LogP contribution in [0.3, 0.4) is 0 Å². The van der Waals surface area contributed by atoms with Crippen molar-refractivity contribution in [2.45, 2.75) is 34.1 Å². The first-order chi connectivity index (χ1) is 4.18. The Labute approximate surface area is 58.7 Å². The van der Waals surface area contributed by atoms with Gasteiger partial charge in [-0.15, -0.1) is 11.8 Å². The summed E-state index contributed by atoms with van der Waals surface area (Å²) < 4.78 is 0. The molecule has 0 aliphatic rings. The van der Waals surface area contributed by atoms with Crippen molar-refractivity contribution in [3.63, 3.8) is 0 Å². The first-order valence-corrected chi connectivity index (χ1v) is 3.58. The molecule has 0 N–H and O–H groups in total. The van der Waals surface area contributed by atoms with Gasteiger partial charge in [0.2, 0.25) is 0 Å². The van der Waals surface area contributed by atoms with Crippen LogP contribution in [0.2, 0.25) is 0 Å². The van der Waals surface area contributed by atoms with Crippen molar-refractivity contribution < 1.29 is 0 Å². The third-order valence-corrected chi connectivity index (χ3v) is 1.74. The summed E-state index contributed by atoms with van der Waals surface area (Å²) in [6.07, 6.45) is 1.05. The van der Waals surface area contributed by atoms with Gasteiger partial charge in [-0.25, -0.2) is 0 Å². The Morgan fingerprint density at radius 2 is 1.78 bits per heavy atom. The van der Waals surface area contributed by atoms with E-state index in [4.69, 9.17) is 0 Å². The van der Waals surface area contributed by atoms with Crippen LogP contribution >= 0.6 is 0 Å². The van der Waals surface area contributed by atoms with E-state index in [0.29, 0.717) is 0 Å². The Kier molecular flexibility index (Phi) is 4.22. The maximum atomic E-state index is 3.08. The number of hydrogen-bond acceptors (Lipinski definition) is 0. The van der Waals surface area contributed by atoms with Gasteiger partial charge in [-0.05, 0) is 18.8 Å². The molecule has 0 spiro atoms. The fourth-order valence-corrected chi connectivity index (χ4v) is 0.499. The van der Waals surface area contributed by atoms with Gasteiger partial charge in [0.05, 0.1) is 0 Å². The normalized spacial score (nSPS) is 12.6. The highest BCUT2D eigenvalue weighted by atomic mass is 14.1. The lowest BCUT2D eigenvalue weighted by molar-refractivity contribution is 0.429. The van der Waals surface area contributed by atoms with E-state index in [2.05, 4.69) is 32.6 Å². The van der Waals surface area contributed by atoms with Crippen LogP contribution in [0.15, 0.2) is 0 Å². The van der Waals surface area contributed by atoms with E-state index < -0.39 is 0 Å². The van der Waals surface area contributed by atoms with Gasteiger partial charge in [0.1, 0.15) is 0 Å². The number of rotatable bonds is 2. The van der Waals surface area contributed by atoms with Gasteiger partial charge in [-0.3, -0.25) is 0 Å². The van der Waals surface area contributed by atoms with Crippen molar-refractivity contribution in [2.24, 2.45) is 11.8 Å². The molecular formula is C9H16. The quantitative estimate of drug-likeness (QED) is 0.496. The van der Waals surface area contributed by atoms with Crippen LogP contribution in [0.1, 0.15) is 34.1 Å². The Bertz CT molecular complexity index is 112. The van der Waals surface area contributed by atoms with Gasteiger partial charge in [-0.2, -0.15) is 0 Å². The van der Waals surface area contributed by atoms with Crippen molar-refractivity contribution in [1.82, 2.24) is 0 Å². The average molecular weight is 124 g/mol. The molecule has 0 saturated carbocycles. The third kappa shape index (κ3) is 4.09. The summed E-state index contributed by atoms with van der Waals surface area (Å²) in [7, 11) is 0. The van der Waals surface area contributed by atoms with E-state index in [0.717, 1.165) is 18.3 Å². The van der Waals surface area contributed by atoms with Crippen LogP contribution in [0.5, 0.6) is 0 Å². The first-order valence-electron chi connectivity index (χ1n) is 3.58. The summed E-state index contributed by atoms with van der Waals surface area (Å²) in [5, 5.41) is 0. The fourth-order valence-electron chi connectivity index (χ4n) is 0.499. The lowest BCUT2D eigenvalue weighted by Gasteiger charge is -2.10. The molecule has 0 heterocycles. The standard InChI is InChI=1S/C9H16/c1-5-6-7-9(4)8(2)3/h8-9H,7H2,1-4H3. The van der Waals surface area contributed by atoms with Crippen LogP contribution < -0.4 is 0 Å². The third-order valence-electron chi connectivity index (χ3n) is 1.74. The zero-order valence-electron chi connectivity index (χ0n) is 6.86. The summed E-state index contributed by atoms with van der Waals surface area (Å²) in [6, 6.07) is 0. The summed E-state index contributed by atoms with van der Waals surface area (Å²) >= 11 is 0. The SMILES string of the molecule is CC#CCC(C)C(C)C. The molecule has 0 rings (SSSR count). The molecule has 0 amide bonds. The second-order valence-electron chi connectivity index (χ2n) is 2.85. The summed E-state index contributed by atoms with van der Waals surface area (Å²) in [4.78, 5) is 0. The molecule has 0 heteroatoms. The smallest absolute Gasteiger partial charge is 0.0117 e. The van der Waals surface area contributed by atoms with E-state index in [1.54, 1.807) is 0 Å². The Balaban J connectivity index is 3.46.